The Morgan fingerprint density at radius 3 is 2.65 bits per heavy atom. The van der Waals surface area contributed by atoms with Gasteiger partial charge in [0.05, 0.1) is 11.4 Å². The molecule has 4 rings (SSSR count). The lowest BCUT2D eigenvalue weighted by atomic mass is 10.3. The highest BCUT2D eigenvalue weighted by Gasteiger charge is 2.26. The molecule has 0 aliphatic carbocycles. The molecule has 0 spiro atoms. The van der Waals surface area contributed by atoms with Gasteiger partial charge in [0, 0.05) is 18.8 Å². The fourth-order valence-electron chi connectivity index (χ4n) is 2.81. The lowest BCUT2D eigenvalue weighted by Crippen LogP contribution is -2.15. The predicted octanol–water partition coefficient (Wildman–Crippen LogP) is 3.30. The second kappa shape index (κ2) is 7.17. The number of carbonyl (C=O) groups excluding carboxylic acids is 1. The minimum Gasteiger partial charge on any atom is -0.323 e. The lowest BCUT2D eigenvalue weighted by Gasteiger charge is -2.14. The van der Waals surface area contributed by atoms with Crippen LogP contribution in [0.4, 0.5) is 21.7 Å². The topological polar surface area (TPSA) is 63.1 Å². The molecule has 132 valence electrons. The molecule has 0 bridgehead atoms. The summed E-state index contributed by atoms with van der Waals surface area (Å²) in [4.78, 5) is 14.2. The normalized spacial score (nSPS) is 12.9. The number of carbonyl (C=O) groups is 1. The molecule has 2 heterocycles. The summed E-state index contributed by atoms with van der Waals surface area (Å²) in [5, 5.41) is 11.7. The van der Waals surface area contributed by atoms with Crippen LogP contribution in [-0.2, 0) is 11.3 Å². The minimum atomic E-state index is -0.451. The third-order valence-electron chi connectivity index (χ3n) is 4.03. The highest BCUT2D eigenvalue weighted by Crippen LogP contribution is 2.31. The first-order valence-corrected chi connectivity index (χ1v) is 9.14. The van der Waals surface area contributed by atoms with Gasteiger partial charge < -0.3 is 10.2 Å². The number of aromatic nitrogens is 3. The first-order valence-electron chi connectivity index (χ1n) is 8.15. The number of fused-ring (bicyclic) bond motifs is 1. The van der Waals surface area contributed by atoms with Crippen LogP contribution in [0.5, 0.6) is 0 Å². The van der Waals surface area contributed by atoms with Crippen LogP contribution in [0.25, 0.3) is 0 Å². The molecule has 0 saturated carbocycles. The SMILES string of the molecule is O=C(CSc1nnc2n1CCN2c1ccccc1)Nc1ccccc1F. The van der Waals surface area contributed by atoms with Crippen molar-refractivity contribution >= 4 is 35.0 Å². The van der Waals surface area contributed by atoms with E-state index >= 15 is 0 Å². The number of halogens is 1. The van der Waals surface area contributed by atoms with E-state index in [1.54, 1.807) is 12.1 Å². The molecular weight excluding hydrogens is 353 g/mol. The Morgan fingerprint density at radius 2 is 1.85 bits per heavy atom. The quantitative estimate of drug-likeness (QED) is 0.699. The smallest absolute Gasteiger partial charge is 0.234 e. The van der Waals surface area contributed by atoms with Crippen LogP contribution in [-0.4, -0.2) is 33.0 Å². The van der Waals surface area contributed by atoms with E-state index in [0.29, 0.717) is 5.16 Å². The fraction of sp³-hybridized carbons (Fsp3) is 0.167. The van der Waals surface area contributed by atoms with Gasteiger partial charge >= 0.3 is 0 Å². The van der Waals surface area contributed by atoms with Gasteiger partial charge in [-0.3, -0.25) is 9.36 Å². The van der Waals surface area contributed by atoms with Crippen molar-refractivity contribution in [3.63, 3.8) is 0 Å². The summed E-state index contributed by atoms with van der Waals surface area (Å²) in [5.41, 5.74) is 1.24. The van der Waals surface area contributed by atoms with Crippen LogP contribution in [0.15, 0.2) is 59.8 Å². The van der Waals surface area contributed by atoms with E-state index in [9.17, 15) is 9.18 Å². The molecule has 3 aromatic rings. The summed E-state index contributed by atoms with van der Waals surface area (Å²) < 4.78 is 15.6. The summed E-state index contributed by atoms with van der Waals surface area (Å²) >= 11 is 1.29. The molecule has 1 aromatic heterocycles. The van der Waals surface area contributed by atoms with Crippen LogP contribution < -0.4 is 10.2 Å². The minimum absolute atomic E-state index is 0.137. The van der Waals surface area contributed by atoms with Crippen molar-refractivity contribution in [3.8, 4) is 0 Å². The highest BCUT2D eigenvalue weighted by atomic mass is 32.2. The first-order chi connectivity index (χ1) is 12.7. The molecule has 0 saturated heterocycles. The molecule has 1 aliphatic rings. The summed E-state index contributed by atoms with van der Waals surface area (Å²) in [6.45, 7) is 1.57. The van der Waals surface area contributed by atoms with E-state index in [1.807, 2.05) is 34.9 Å². The molecule has 0 unspecified atom stereocenters. The summed E-state index contributed by atoms with van der Waals surface area (Å²) in [6, 6.07) is 16.1. The number of thioether (sulfide) groups is 1. The van der Waals surface area contributed by atoms with E-state index in [2.05, 4.69) is 20.4 Å². The maximum absolute atomic E-state index is 13.6. The number of anilines is 3. The fourth-order valence-corrected chi connectivity index (χ4v) is 3.57. The maximum atomic E-state index is 13.6. The first kappa shape index (κ1) is 16.6. The summed E-state index contributed by atoms with van der Waals surface area (Å²) in [6.07, 6.45) is 0. The number of rotatable bonds is 5. The molecule has 0 atom stereocenters. The predicted molar refractivity (Wildman–Crippen MR) is 99.2 cm³/mol. The Labute approximate surface area is 154 Å². The number of nitrogens with zero attached hydrogens (tertiary/aromatic N) is 4. The van der Waals surface area contributed by atoms with Gasteiger partial charge in [-0.25, -0.2) is 4.39 Å². The Bertz CT molecular complexity index is 930. The summed E-state index contributed by atoms with van der Waals surface area (Å²) in [5.74, 6) is 0.175. The number of amides is 1. The van der Waals surface area contributed by atoms with E-state index in [0.717, 1.165) is 24.7 Å². The molecule has 1 aliphatic heterocycles. The van der Waals surface area contributed by atoms with E-state index < -0.39 is 5.82 Å². The van der Waals surface area contributed by atoms with E-state index in [1.165, 1.54) is 23.9 Å². The highest BCUT2D eigenvalue weighted by molar-refractivity contribution is 7.99. The molecule has 6 nitrogen and oxygen atoms in total. The van der Waals surface area contributed by atoms with Crippen LogP contribution >= 0.6 is 11.8 Å². The zero-order chi connectivity index (χ0) is 17.9. The van der Waals surface area contributed by atoms with Gasteiger partial charge in [-0.1, -0.05) is 42.1 Å². The van der Waals surface area contributed by atoms with E-state index in [-0.39, 0.29) is 17.3 Å². The maximum Gasteiger partial charge on any atom is 0.234 e. The zero-order valence-electron chi connectivity index (χ0n) is 13.8. The molecule has 0 radical (unpaired) electrons. The van der Waals surface area contributed by atoms with E-state index in [4.69, 9.17) is 0 Å². The van der Waals surface area contributed by atoms with Gasteiger partial charge in [0.25, 0.3) is 0 Å². The van der Waals surface area contributed by atoms with Crippen LogP contribution in [0.1, 0.15) is 0 Å². The molecule has 26 heavy (non-hydrogen) atoms. The molecule has 2 aromatic carbocycles. The van der Waals surface area contributed by atoms with Crippen molar-refractivity contribution in [2.24, 2.45) is 0 Å². The number of hydrogen-bond acceptors (Lipinski definition) is 5. The Morgan fingerprint density at radius 1 is 1.08 bits per heavy atom. The molecule has 8 heteroatoms. The molecule has 1 amide bonds. The van der Waals surface area contributed by atoms with Gasteiger partial charge in [-0.05, 0) is 24.3 Å². The number of benzene rings is 2. The lowest BCUT2D eigenvalue weighted by molar-refractivity contribution is -0.113. The van der Waals surface area contributed by atoms with Crippen molar-refractivity contribution in [2.45, 2.75) is 11.7 Å². The second-order valence-electron chi connectivity index (χ2n) is 5.74. The third-order valence-corrected chi connectivity index (χ3v) is 5.00. The number of nitrogens with one attached hydrogen (secondary N) is 1. The largest absolute Gasteiger partial charge is 0.323 e. The average Bonchev–Trinajstić information content (AvgIpc) is 3.25. The van der Waals surface area contributed by atoms with Crippen LogP contribution in [0.2, 0.25) is 0 Å². The Balaban J connectivity index is 1.41. The van der Waals surface area contributed by atoms with Crippen LogP contribution in [0.3, 0.4) is 0 Å². The number of hydrogen-bond donors (Lipinski definition) is 1. The monoisotopic (exact) mass is 369 g/mol. The Kier molecular flexibility index (Phi) is 4.57. The van der Waals surface area contributed by atoms with Gasteiger partial charge in [0.1, 0.15) is 5.82 Å². The van der Waals surface area contributed by atoms with Gasteiger partial charge in [-0.2, -0.15) is 0 Å². The third kappa shape index (κ3) is 3.28. The van der Waals surface area contributed by atoms with Crippen LogP contribution in [0, 0.1) is 5.82 Å². The zero-order valence-corrected chi connectivity index (χ0v) is 14.6. The molecular formula is C18H16FN5OS. The van der Waals surface area contributed by atoms with Gasteiger partial charge in [0.2, 0.25) is 11.9 Å². The second-order valence-corrected chi connectivity index (χ2v) is 6.68. The molecule has 1 N–H and O–H groups in total. The average molecular weight is 369 g/mol. The van der Waals surface area contributed by atoms with Gasteiger partial charge in [-0.15, -0.1) is 10.2 Å². The van der Waals surface area contributed by atoms with Crippen molar-refractivity contribution in [1.29, 1.82) is 0 Å². The van der Waals surface area contributed by atoms with Gasteiger partial charge in [0.15, 0.2) is 5.16 Å². The Hall–Kier alpha value is -2.87. The standard InChI is InChI=1S/C18H16FN5OS/c19-14-8-4-5-9-15(14)20-16(25)12-26-18-22-21-17-23(10-11-24(17)18)13-6-2-1-3-7-13/h1-9H,10-12H2,(H,20,25). The van der Waals surface area contributed by atoms with Crippen molar-refractivity contribution in [1.82, 2.24) is 14.8 Å². The number of para-hydroxylation sites is 2. The van der Waals surface area contributed by atoms with Crippen molar-refractivity contribution < 1.29 is 9.18 Å². The van der Waals surface area contributed by atoms with Crippen molar-refractivity contribution in [3.05, 3.63) is 60.4 Å². The summed E-state index contributed by atoms with van der Waals surface area (Å²) in [7, 11) is 0. The molecule has 0 fully saturated rings. The van der Waals surface area contributed by atoms with Crippen molar-refractivity contribution in [2.75, 3.05) is 22.5 Å².